The summed E-state index contributed by atoms with van der Waals surface area (Å²) in [5.74, 6) is 5.34. The van der Waals surface area contributed by atoms with E-state index in [0.29, 0.717) is 4.68 Å². The fourth-order valence-corrected chi connectivity index (χ4v) is 1.83. The Labute approximate surface area is 101 Å². The number of nitrogen functional groups attached to an aromatic ring is 1. The van der Waals surface area contributed by atoms with Crippen LogP contribution in [0.15, 0.2) is 17.1 Å². The summed E-state index contributed by atoms with van der Waals surface area (Å²) in [4.78, 5) is 11.8. The molecule has 0 unspecified atom stereocenters. The average Bonchev–Trinajstić information content (AvgIpc) is 2.64. The maximum Gasteiger partial charge on any atom is 0.350 e. The van der Waals surface area contributed by atoms with Crippen LogP contribution in [0.2, 0.25) is 0 Å². The lowest BCUT2D eigenvalue weighted by atomic mass is 10.1. The van der Waals surface area contributed by atoms with E-state index in [1.807, 2.05) is 0 Å². The minimum atomic E-state index is -1.36. The number of hydrogen-bond acceptors (Lipinski definition) is 7. The topological polar surface area (TPSA) is 147 Å². The van der Waals surface area contributed by atoms with Crippen molar-refractivity contribution in [3.8, 4) is 0 Å². The van der Waals surface area contributed by atoms with Gasteiger partial charge in [-0.25, -0.2) is 4.79 Å². The first kappa shape index (κ1) is 12.8. The normalized spacial score (nSPS) is 31.7. The predicted octanol–water partition coefficient (Wildman–Crippen LogP) is -3.55. The van der Waals surface area contributed by atoms with Gasteiger partial charge in [-0.15, -0.1) is 0 Å². The molecule has 100 valence electrons. The number of aliphatic hydroxyl groups is 3. The monoisotopic (exact) mass is 258 g/mol. The predicted molar refractivity (Wildman–Crippen MR) is 57.7 cm³/mol. The van der Waals surface area contributed by atoms with Gasteiger partial charge in [0.25, 0.3) is 0 Å². The van der Waals surface area contributed by atoms with Crippen LogP contribution in [0.3, 0.4) is 0 Å². The Kier molecular flexibility index (Phi) is 3.22. The standard InChI is InChI=1S/C9H14N4O5/c10-5-1-2-12(9(17)13(5)11)8-7(16)6(15)4(3-14)18-8/h1-2,4,6-8,10,14-16H,3,11H2/t4-,6-,7-,8-/m1/s1. The Balaban J connectivity index is 2.42. The second-order valence-electron chi connectivity index (χ2n) is 3.99. The second kappa shape index (κ2) is 4.53. The van der Waals surface area contributed by atoms with Crippen LogP contribution in [0.5, 0.6) is 0 Å². The van der Waals surface area contributed by atoms with Gasteiger partial charge in [0, 0.05) is 6.20 Å². The molecule has 9 nitrogen and oxygen atoms in total. The zero-order valence-electron chi connectivity index (χ0n) is 9.30. The molecule has 0 saturated carbocycles. The molecule has 1 aromatic heterocycles. The summed E-state index contributed by atoms with van der Waals surface area (Å²) in [7, 11) is 0. The summed E-state index contributed by atoms with van der Waals surface area (Å²) in [5, 5.41) is 35.6. The molecule has 0 spiro atoms. The highest BCUT2D eigenvalue weighted by molar-refractivity contribution is 4.93. The Morgan fingerprint density at radius 2 is 2.11 bits per heavy atom. The van der Waals surface area contributed by atoms with Gasteiger partial charge in [-0.3, -0.25) is 9.98 Å². The van der Waals surface area contributed by atoms with Crippen LogP contribution in [0.25, 0.3) is 0 Å². The largest absolute Gasteiger partial charge is 0.394 e. The third-order valence-electron chi connectivity index (χ3n) is 2.87. The first-order valence-electron chi connectivity index (χ1n) is 5.23. The van der Waals surface area contributed by atoms with E-state index in [4.69, 9.17) is 21.1 Å². The molecule has 18 heavy (non-hydrogen) atoms. The molecule has 0 aliphatic carbocycles. The van der Waals surface area contributed by atoms with Gasteiger partial charge in [0.1, 0.15) is 23.8 Å². The first-order valence-corrected chi connectivity index (χ1v) is 5.23. The molecule has 1 aliphatic heterocycles. The lowest BCUT2D eigenvalue weighted by molar-refractivity contribution is -0.0554. The van der Waals surface area contributed by atoms with Gasteiger partial charge >= 0.3 is 5.69 Å². The number of ether oxygens (including phenoxy) is 1. The third-order valence-corrected chi connectivity index (χ3v) is 2.87. The molecule has 1 saturated heterocycles. The molecular formula is C9H14N4O5. The average molecular weight is 258 g/mol. The summed E-state index contributed by atoms with van der Waals surface area (Å²) < 4.78 is 6.72. The Morgan fingerprint density at radius 3 is 2.67 bits per heavy atom. The Morgan fingerprint density at radius 1 is 1.44 bits per heavy atom. The summed E-state index contributed by atoms with van der Waals surface area (Å²) >= 11 is 0. The smallest absolute Gasteiger partial charge is 0.350 e. The highest BCUT2D eigenvalue weighted by Gasteiger charge is 2.43. The van der Waals surface area contributed by atoms with Crippen LogP contribution in [-0.2, 0) is 4.74 Å². The van der Waals surface area contributed by atoms with Gasteiger partial charge in [0.15, 0.2) is 6.23 Å². The third kappa shape index (κ3) is 1.82. The lowest BCUT2D eigenvalue weighted by Crippen LogP contribution is -2.46. The van der Waals surface area contributed by atoms with Crippen LogP contribution in [0.4, 0.5) is 0 Å². The van der Waals surface area contributed by atoms with Gasteiger partial charge in [0.05, 0.1) is 6.61 Å². The van der Waals surface area contributed by atoms with Crippen molar-refractivity contribution in [1.29, 1.82) is 5.41 Å². The molecular weight excluding hydrogens is 244 g/mol. The zero-order valence-corrected chi connectivity index (χ0v) is 9.30. The summed E-state index contributed by atoms with van der Waals surface area (Å²) in [5.41, 5.74) is -0.972. The van der Waals surface area contributed by atoms with E-state index in [1.54, 1.807) is 0 Å². The summed E-state index contributed by atoms with van der Waals surface area (Å²) in [6.07, 6.45) is -3.56. The van der Waals surface area contributed by atoms with Crippen molar-refractivity contribution in [3.05, 3.63) is 28.2 Å². The molecule has 4 atom stereocenters. The Bertz CT molecular complexity index is 553. The van der Waals surface area contributed by atoms with Crippen LogP contribution in [-0.4, -0.2) is 49.5 Å². The van der Waals surface area contributed by atoms with Crippen molar-refractivity contribution < 1.29 is 20.1 Å². The van der Waals surface area contributed by atoms with Gasteiger partial charge in [-0.1, -0.05) is 0 Å². The fraction of sp³-hybridized carbons (Fsp3) is 0.556. The molecule has 1 fully saturated rings. The minimum Gasteiger partial charge on any atom is -0.394 e. The molecule has 0 aromatic carbocycles. The van der Waals surface area contributed by atoms with E-state index in [1.165, 1.54) is 12.3 Å². The molecule has 0 amide bonds. The molecule has 1 aromatic rings. The van der Waals surface area contributed by atoms with E-state index in [0.717, 1.165) is 4.57 Å². The van der Waals surface area contributed by atoms with Crippen LogP contribution in [0, 0.1) is 5.41 Å². The van der Waals surface area contributed by atoms with E-state index in [9.17, 15) is 15.0 Å². The number of nitrogens with zero attached hydrogens (tertiary/aromatic N) is 2. The number of aromatic nitrogens is 2. The number of nitrogens with one attached hydrogen (secondary N) is 1. The van der Waals surface area contributed by atoms with E-state index in [-0.39, 0.29) is 5.49 Å². The van der Waals surface area contributed by atoms with Crippen molar-refractivity contribution in [2.24, 2.45) is 0 Å². The van der Waals surface area contributed by atoms with Crippen molar-refractivity contribution in [1.82, 2.24) is 9.24 Å². The number of nitrogens with two attached hydrogens (primary N) is 1. The molecule has 0 radical (unpaired) electrons. The van der Waals surface area contributed by atoms with Gasteiger partial charge < -0.3 is 25.9 Å². The molecule has 1 aliphatic rings. The Hall–Kier alpha value is -1.68. The molecule has 0 bridgehead atoms. The highest BCUT2D eigenvalue weighted by Crippen LogP contribution is 2.27. The minimum absolute atomic E-state index is 0.206. The number of hydrogen-bond donors (Lipinski definition) is 5. The molecule has 2 rings (SSSR count). The number of rotatable bonds is 2. The second-order valence-corrected chi connectivity index (χ2v) is 3.99. The quantitative estimate of drug-likeness (QED) is 0.347. The van der Waals surface area contributed by atoms with Gasteiger partial charge in [-0.2, -0.15) is 4.68 Å². The van der Waals surface area contributed by atoms with Crippen molar-refractivity contribution in [2.45, 2.75) is 24.5 Å². The van der Waals surface area contributed by atoms with Gasteiger partial charge in [0.2, 0.25) is 0 Å². The van der Waals surface area contributed by atoms with Gasteiger partial charge in [-0.05, 0) is 6.07 Å². The molecule has 2 heterocycles. The van der Waals surface area contributed by atoms with Crippen LogP contribution in [0.1, 0.15) is 6.23 Å². The van der Waals surface area contributed by atoms with E-state index >= 15 is 0 Å². The maximum atomic E-state index is 11.8. The van der Waals surface area contributed by atoms with Crippen molar-refractivity contribution >= 4 is 0 Å². The summed E-state index contributed by atoms with van der Waals surface area (Å²) in [6, 6.07) is 1.25. The van der Waals surface area contributed by atoms with E-state index < -0.39 is 36.8 Å². The molecule has 9 heteroatoms. The lowest BCUT2D eigenvalue weighted by Gasteiger charge is -2.17. The first-order chi connectivity index (χ1) is 8.47. The van der Waals surface area contributed by atoms with E-state index in [2.05, 4.69) is 0 Å². The van der Waals surface area contributed by atoms with Crippen molar-refractivity contribution in [2.75, 3.05) is 12.4 Å². The SMILES string of the molecule is N=c1ccn([C@@H]2O[C@H](CO)[C@@H](O)[C@H]2O)c(=O)n1N. The highest BCUT2D eigenvalue weighted by atomic mass is 16.6. The molecule has 6 N–H and O–H groups in total. The van der Waals surface area contributed by atoms with Crippen LogP contribution >= 0.6 is 0 Å². The zero-order chi connectivity index (χ0) is 13.4. The van der Waals surface area contributed by atoms with Crippen LogP contribution < -0.4 is 17.0 Å². The number of aliphatic hydroxyl groups excluding tert-OH is 3. The van der Waals surface area contributed by atoms with Crippen molar-refractivity contribution in [3.63, 3.8) is 0 Å². The maximum absolute atomic E-state index is 11.8. The fourth-order valence-electron chi connectivity index (χ4n) is 1.83. The summed E-state index contributed by atoms with van der Waals surface area (Å²) in [6.45, 7) is -0.484.